The fourth-order valence-electron chi connectivity index (χ4n) is 2.51. The maximum atomic E-state index is 9.77. The minimum atomic E-state index is -1.60. The lowest BCUT2D eigenvalue weighted by molar-refractivity contribution is -0.136. The van der Waals surface area contributed by atoms with Crippen LogP contribution in [0.4, 0.5) is 0 Å². The molecule has 0 aromatic heterocycles. The van der Waals surface area contributed by atoms with Crippen LogP contribution >= 0.6 is 0 Å². The Morgan fingerprint density at radius 1 is 0.750 bits per heavy atom. The van der Waals surface area contributed by atoms with Crippen molar-refractivity contribution in [1.29, 1.82) is 0 Å². The van der Waals surface area contributed by atoms with Crippen molar-refractivity contribution in [2.24, 2.45) is 0 Å². The van der Waals surface area contributed by atoms with Crippen molar-refractivity contribution in [3.8, 4) is 0 Å². The molecule has 0 aromatic rings. The monoisotopic (exact) mass is 235 g/mol. The van der Waals surface area contributed by atoms with E-state index in [0.717, 1.165) is 0 Å². The molecule has 2 aliphatic rings. The van der Waals surface area contributed by atoms with Gasteiger partial charge in [-0.05, 0) is 6.42 Å². The molecule has 0 aliphatic carbocycles. The highest BCUT2D eigenvalue weighted by molar-refractivity contribution is 5.01. The molecule has 0 unspecified atom stereocenters. The number of rotatable bonds is 0. The van der Waals surface area contributed by atoms with E-state index in [1.807, 2.05) is 0 Å². The standard InChI is InChI=1S/C9H17NO6/c11-3-1-4-5(12)6(13)7(14)8(15)9(16)10(4)2-3/h3-9,11-16H,1-2H2/t3-,4-,5-,6+,7+,8-,9+/m1/s1. The summed E-state index contributed by atoms with van der Waals surface area (Å²) in [5.74, 6) is 0. The lowest BCUT2D eigenvalue weighted by atomic mass is 9.98. The molecule has 0 bridgehead atoms. The van der Waals surface area contributed by atoms with Crippen LogP contribution < -0.4 is 0 Å². The fraction of sp³-hybridized carbons (Fsp3) is 1.00. The minimum Gasteiger partial charge on any atom is -0.392 e. The third kappa shape index (κ3) is 1.74. The number of hydrogen-bond donors (Lipinski definition) is 6. The van der Waals surface area contributed by atoms with E-state index in [-0.39, 0.29) is 13.0 Å². The summed E-state index contributed by atoms with van der Waals surface area (Å²) >= 11 is 0. The van der Waals surface area contributed by atoms with E-state index in [9.17, 15) is 30.6 Å². The van der Waals surface area contributed by atoms with Crippen LogP contribution in [0, 0.1) is 0 Å². The van der Waals surface area contributed by atoms with E-state index >= 15 is 0 Å². The van der Waals surface area contributed by atoms with Crippen molar-refractivity contribution >= 4 is 0 Å². The summed E-state index contributed by atoms with van der Waals surface area (Å²) in [4.78, 5) is 1.31. The molecule has 94 valence electrons. The first-order valence-corrected chi connectivity index (χ1v) is 5.27. The first kappa shape index (κ1) is 12.2. The molecule has 6 N–H and O–H groups in total. The third-order valence-corrected chi connectivity index (χ3v) is 3.45. The van der Waals surface area contributed by atoms with Crippen LogP contribution in [0.5, 0.6) is 0 Å². The maximum Gasteiger partial charge on any atom is 0.136 e. The first-order chi connectivity index (χ1) is 7.43. The van der Waals surface area contributed by atoms with Crippen molar-refractivity contribution in [1.82, 2.24) is 4.90 Å². The molecule has 0 amide bonds. The average Bonchev–Trinajstić information content (AvgIpc) is 2.63. The van der Waals surface area contributed by atoms with Crippen LogP contribution in [0.2, 0.25) is 0 Å². The van der Waals surface area contributed by atoms with E-state index in [0.29, 0.717) is 0 Å². The van der Waals surface area contributed by atoms with Crippen LogP contribution in [-0.4, -0.2) is 84.9 Å². The Balaban J connectivity index is 2.27. The number of aliphatic hydroxyl groups excluding tert-OH is 6. The maximum absolute atomic E-state index is 9.77. The van der Waals surface area contributed by atoms with Crippen molar-refractivity contribution in [2.45, 2.75) is 49.2 Å². The summed E-state index contributed by atoms with van der Waals surface area (Å²) < 4.78 is 0. The fourth-order valence-corrected chi connectivity index (χ4v) is 2.51. The second-order valence-corrected chi connectivity index (χ2v) is 4.53. The van der Waals surface area contributed by atoms with Crippen LogP contribution in [0.15, 0.2) is 0 Å². The van der Waals surface area contributed by atoms with Gasteiger partial charge in [0.2, 0.25) is 0 Å². The van der Waals surface area contributed by atoms with Gasteiger partial charge in [0, 0.05) is 12.6 Å². The van der Waals surface area contributed by atoms with Gasteiger partial charge in [-0.25, -0.2) is 0 Å². The van der Waals surface area contributed by atoms with Crippen molar-refractivity contribution in [3.05, 3.63) is 0 Å². The molecule has 0 aromatic carbocycles. The van der Waals surface area contributed by atoms with Crippen molar-refractivity contribution < 1.29 is 30.6 Å². The average molecular weight is 235 g/mol. The van der Waals surface area contributed by atoms with Gasteiger partial charge in [-0.1, -0.05) is 0 Å². The zero-order chi connectivity index (χ0) is 12.0. The van der Waals surface area contributed by atoms with Crippen LogP contribution in [0.3, 0.4) is 0 Å². The van der Waals surface area contributed by atoms with Gasteiger partial charge in [-0.2, -0.15) is 0 Å². The van der Waals surface area contributed by atoms with Crippen molar-refractivity contribution in [3.63, 3.8) is 0 Å². The SMILES string of the molecule is O[C@@H]1C[C@@H]2[C@@H](O)[C@H](O)[C@H](O)[C@@H](O)[C@H](O)N2C1. The number of fused-ring (bicyclic) bond motifs is 1. The first-order valence-electron chi connectivity index (χ1n) is 5.27. The Morgan fingerprint density at radius 2 is 1.31 bits per heavy atom. The molecule has 7 heteroatoms. The summed E-state index contributed by atoms with van der Waals surface area (Å²) in [7, 11) is 0. The van der Waals surface area contributed by atoms with Gasteiger partial charge in [-0.15, -0.1) is 0 Å². The third-order valence-electron chi connectivity index (χ3n) is 3.45. The van der Waals surface area contributed by atoms with Gasteiger partial charge in [0.15, 0.2) is 0 Å². The van der Waals surface area contributed by atoms with Crippen LogP contribution in [-0.2, 0) is 0 Å². The molecule has 0 spiro atoms. The molecule has 2 rings (SSSR count). The van der Waals surface area contributed by atoms with Gasteiger partial charge in [-0.3, -0.25) is 4.90 Å². The Labute approximate surface area is 92.2 Å². The molecule has 2 heterocycles. The topological polar surface area (TPSA) is 125 Å². The molecule has 0 saturated carbocycles. The molecular weight excluding hydrogens is 218 g/mol. The number of hydrogen-bond acceptors (Lipinski definition) is 7. The molecule has 16 heavy (non-hydrogen) atoms. The molecule has 7 atom stereocenters. The molecule has 2 saturated heterocycles. The predicted molar refractivity (Wildman–Crippen MR) is 51.2 cm³/mol. The summed E-state index contributed by atoms with van der Waals surface area (Å²) in [6.07, 6.45) is -7.95. The van der Waals surface area contributed by atoms with Gasteiger partial charge >= 0.3 is 0 Å². The Morgan fingerprint density at radius 3 is 1.94 bits per heavy atom. The lowest BCUT2D eigenvalue weighted by Gasteiger charge is -2.30. The van der Waals surface area contributed by atoms with Gasteiger partial charge in [0.25, 0.3) is 0 Å². The molecule has 2 fully saturated rings. The predicted octanol–water partition coefficient (Wildman–Crippen LogP) is -3.80. The summed E-state index contributed by atoms with van der Waals surface area (Å²) in [6.45, 7) is 0.0966. The number of aliphatic hydroxyl groups is 6. The van der Waals surface area contributed by atoms with Crippen LogP contribution in [0.25, 0.3) is 0 Å². The van der Waals surface area contributed by atoms with E-state index in [4.69, 9.17) is 0 Å². The summed E-state index contributed by atoms with van der Waals surface area (Å²) in [6, 6.07) is -0.660. The van der Waals surface area contributed by atoms with Gasteiger partial charge in [0.1, 0.15) is 24.5 Å². The summed E-state index contributed by atoms with van der Waals surface area (Å²) in [5, 5.41) is 57.5. The molecule has 0 radical (unpaired) electrons. The zero-order valence-electron chi connectivity index (χ0n) is 8.59. The highest BCUT2D eigenvalue weighted by Crippen LogP contribution is 2.30. The van der Waals surface area contributed by atoms with Gasteiger partial charge < -0.3 is 30.6 Å². The smallest absolute Gasteiger partial charge is 0.136 e. The quantitative estimate of drug-likeness (QED) is 0.254. The largest absolute Gasteiger partial charge is 0.392 e. The number of nitrogens with zero attached hydrogens (tertiary/aromatic N) is 1. The Bertz CT molecular complexity index is 240. The Hall–Kier alpha value is -0.280. The van der Waals surface area contributed by atoms with Crippen LogP contribution in [0.1, 0.15) is 6.42 Å². The van der Waals surface area contributed by atoms with E-state index in [1.54, 1.807) is 0 Å². The second-order valence-electron chi connectivity index (χ2n) is 4.53. The zero-order valence-corrected chi connectivity index (χ0v) is 8.59. The van der Waals surface area contributed by atoms with E-state index in [2.05, 4.69) is 0 Å². The second kappa shape index (κ2) is 4.19. The van der Waals surface area contributed by atoms with Crippen molar-refractivity contribution in [2.75, 3.05) is 6.54 Å². The van der Waals surface area contributed by atoms with Gasteiger partial charge in [0.05, 0.1) is 12.2 Å². The minimum absolute atomic E-state index is 0.0966. The molecule has 2 aliphatic heterocycles. The summed E-state index contributed by atoms with van der Waals surface area (Å²) in [5.41, 5.74) is 0. The normalized spacial score (nSPS) is 54.8. The van der Waals surface area contributed by atoms with E-state index < -0.39 is 42.8 Å². The molecule has 7 nitrogen and oxygen atoms in total. The lowest BCUT2D eigenvalue weighted by Crippen LogP contribution is -2.49. The molecular formula is C9H17NO6. The highest BCUT2D eigenvalue weighted by atomic mass is 16.4. The Kier molecular flexibility index (Phi) is 3.19. The van der Waals surface area contributed by atoms with E-state index in [1.165, 1.54) is 4.90 Å². The highest BCUT2D eigenvalue weighted by Gasteiger charge is 2.50.